The third-order valence-corrected chi connectivity index (χ3v) is 3.81. The van der Waals surface area contributed by atoms with Gasteiger partial charge in [0, 0.05) is 6.42 Å². The van der Waals surface area contributed by atoms with Crippen molar-refractivity contribution in [3.8, 4) is 5.75 Å². The van der Waals surface area contributed by atoms with Gasteiger partial charge in [-0.15, -0.1) is 0 Å². The van der Waals surface area contributed by atoms with Crippen LogP contribution in [0.4, 0.5) is 4.39 Å². The van der Waals surface area contributed by atoms with Crippen LogP contribution in [0.1, 0.15) is 36.1 Å². The maximum absolute atomic E-state index is 13.6. The molecule has 0 saturated heterocycles. The van der Waals surface area contributed by atoms with E-state index in [-0.39, 0.29) is 17.7 Å². The monoisotopic (exact) mass is 315 g/mol. The molecule has 1 N–H and O–H groups in total. The number of methoxy groups -OCH3 is 1. The lowest BCUT2D eigenvalue weighted by atomic mass is 10.1. The Bertz CT molecular complexity index is 668. The summed E-state index contributed by atoms with van der Waals surface area (Å²) < 4.78 is 18.5. The molecule has 0 fully saturated rings. The van der Waals surface area contributed by atoms with E-state index >= 15 is 0 Å². The third-order valence-electron chi connectivity index (χ3n) is 3.81. The van der Waals surface area contributed by atoms with E-state index < -0.39 is 5.82 Å². The Balaban J connectivity index is 1.87. The second-order valence-electron chi connectivity index (χ2n) is 5.67. The molecular formula is C19H22FNO2. The molecule has 1 atom stereocenters. The molecule has 0 radical (unpaired) electrons. The van der Waals surface area contributed by atoms with Crippen LogP contribution in [0.25, 0.3) is 0 Å². The molecule has 3 nitrogen and oxygen atoms in total. The predicted molar refractivity (Wildman–Crippen MR) is 89.0 cm³/mol. The number of carbonyl (C=O) groups excluding carboxylic acids is 1. The molecule has 1 amide bonds. The Morgan fingerprint density at radius 1 is 1.22 bits per heavy atom. The molecule has 0 heterocycles. The molecule has 2 aromatic carbocycles. The first-order valence-corrected chi connectivity index (χ1v) is 7.68. The maximum Gasteiger partial charge on any atom is 0.220 e. The van der Waals surface area contributed by atoms with Crippen LogP contribution >= 0.6 is 0 Å². The van der Waals surface area contributed by atoms with E-state index in [1.807, 2.05) is 38.1 Å². The Labute approximate surface area is 136 Å². The SMILES string of the molecule is COc1ccc(CCC(=O)NC(C)c2ccc(C)cc2)cc1F. The van der Waals surface area contributed by atoms with Gasteiger partial charge in [-0.25, -0.2) is 4.39 Å². The maximum atomic E-state index is 13.6. The fourth-order valence-electron chi connectivity index (χ4n) is 2.38. The molecule has 122 valence electrons. The normalized spacial score (nSPS) is 11.8. The largest absolute Gasteiger partial charge is 0.494 e. The lowest BCUT2D eigenvalue weighted by Crippen LogP contribution is -2.26. The molecule has 0 aliphatic carbocycles. The molecule has 0 spiro atoms. The number of halogens is 1. The average Bonchev–Trinajstić information content (AvgIpc) is 2.53. The van der Waals surface area contributed by atoms with Crippen molar-refractivity contribution >= 4 is 5.91 Å². The highest BCUT2D eigenvalue weighted by Crippen LogP contribution is 2.19. The average molecular weight is 315 g/mol. The third kappa shape index (κ3) is 4.81. The summed E-state index contributed by atoms with van der Waals surface area (Å²) in [6, 6.07) is 12.8. The molecule has 2 aromatic rings. The van der Waals surface area contributed by atoms with Crippen LogP contribution in [-0.4, -0.2) is 13.0 Å². The molecule has 23 heavy (non-hydrogen) atoms. The van der Waals surface area contributed by atoms with Gasteiger partial charge in [0.05, 0.1) is 13.2 Å². The van der Waals surface area contributed by atoms with Crippen LogP contribution in [0.3, 0.4) is 0 Å². The zero-order valence-corrected chi connectivity index (χ0v) is 13.7. The highest BCUT2D eigenvalue weighted by atomic mass is 19.1. The highest BCUT2D eigenvalue weighted by Gasteiger charge is 2.10. The van der Waals surface area contributed by atoms with E-state index in [1.165, 1.54) is 18.7 Å². The molecule has 0 aliphatic heterocycles. The summed E-state index contributed by atoms with van der Waals surface area (Å²) in [6.45, 7) is 3.98. The van der Waals surface area contributed by atoms with Gasteiger partial charge in [-0.1, -0.05) is 35.9 Å². The Kier molecular flexibility index (Phi) is 5.74. The number of hydrogen-bond donors (Lipinski definition) is 1. The number of hydrogen-bond acceptors (Lipinski definition) is 2. The van der Waals surface area contributed by atoms with Crippen molar-refractivity contribution in [1.82, 2.24) is 5.32 Å². The smallest absolute Gasteiger partial charge is 0.220 e. The number of rotatable bonds is 6. The number of nitrogens with one attached hydrogen (secondary N) is 1. The van der Waals surface area contributed by atoms with Gasteiger partial charge < -0.3 is 10.1 Å². The van der Waals surface area contributed by atoms with E-state index in [1.54, 1.807) is 12.1 Å². The highest BCUT2D eigenvalue weighted by molar-refractivity contribution is 5.76. The molecule has 2 rings (SSSR count). The summed E-state index contributed by atoms with van der Waals surface area (Å²) in [6.07, 6.45) is 0.815. The summed E-state index contributed by atoms with van der Waals surface area (Å²) in [5, 5.41) is 2.97. The van der Waals surface area contributed by atoms with Gasteiger partial charge in [0.15, 0.2) is 11.6 Å². The van der Waals surface area contributed by atoms with Crippen molar-refractivity contribution in [2.75, 3.05) is 7.11 Å². The van der Waals surface area contributed by atoms with Crippen LogP contribution in [0.15, 0.2) is 42.5 Å². The first kappa shape index (κ1) is 17.0. The second kappa shape index (κ2) is 7.77. The topological polar surface area (TPSA) is 38.3 Å². The first-order valence-electron chi connectivity index (χ1n) is 7.68. The molecule has 0 saturated carbocycles. The molecular weight excluding hydrogens is 293 g/mol. The lowest BCUT2D eigenvalue weighted by Gasteiger charge is -2.14. The summed E-state index contributed by atoms with van der Waals surface area (Å²) in [7, 11) is 1.43. The number of ether oxygens (including phenoxy) is 1. The minimum absolute atomic E-state index is 0.0456. The molecule has 4 heteroatoms. The summed E-state index contributed by atoms with van der Waals surface area (Å²) in [5.74, 6) is -0.237. The first-order chi connectivity index (χ1) is 11.0. The molecule has 1 unspecified atom stereocenters. The van der Waals surface area contributed by atoms with Gasteiger partial charge in [0.1, 0.15) is 0 Å². The van der Waals surface area contributed by atoms with Crippen molar-refractivity contribution in [1.29, 1.82) is 0 Å². The summed E-state index contributed by atoms with van der Waals surface area (Å²) in [5.41, 5.74) is 3.04. The Morgan fingerprint density at radius 3 is 2.52 bits per heavy atom. The van der Waals surface area contributed by atoms with Crippen LogP contribution in [0.2, 0.25) is 0 Å². The van der Waals surface area contributed by atoms with Crippen molar-refractivity contribution in [2.24, 2.45) is 0 Å². The van der Waals surface area contributed by atoms with Crippen molar-refractivity contribution in [3.63, 3.8) is 0 Å². The Morgan fingerprint density at radius 2 is 1.91 bits per heavy atom. The van der Waals surface area contributed by atoms with E-state index in [2.05, 4.69) is 5.32 Å². The molecule has 0 aliphatic rings. The number of carbonyl (C=O) groups is 1. The van der Waals surface area contributed by atoms with Crippen molar-refractivity contribution in [2.45, 2.75) is 32.7 Å². The van der Waals surface area contributed by atoms with Gasteiger partial charge in [-0.05, 0) is 43.5 Å². The Hall–Kier alpha value is -2.36. The minimum Gasteiger partial charge on any atom is -0.494 e. The van der Waals surface area contributed by atoms with Crippen LogP contribution in [0, 0.1) is 12.7 Å². The standard InChI is InChI=1S/C19H22FNO2/c1-13-4-8-16(9-5-13)14(2)21-19(22)11-7-15-6-10-18(23-3)17(20)12-15/h4-6,8-10,12,14H,7,11H2,1-3H3,(H,21,22). The van der Waals surface area contributed by atoms with E-state index in [4.69, 9.17) is 4.74 Å². The summed E-state index contributed by atoms with van der Waals surface area (Å²) in [4.78, 5) is 12.0. The van der Waals surface area contributed by atoms with Crippen LogP contribution in [-0.2, 0) is 11.2 Å². The number of amides is 1. The van der Waals surface area contributed by atoms with E-state index in [0.717, 1.165) is 11.1 Å². The number of aryl methyl sites for hydroxylation is 2. The second-order valence-corrected chi connectivity index (χ2v) is 5.67. The quantitative estimate of drug-likeness (QED) is 0.876. The fraction of sp³-hybridized carbons (Fsp3) is 0.316. The lowest BCUT2D eigenvalue weighted by molar-refractivity contribution is -0.121. The van der Waals surface area contributed by atoms with Crippen LogP contribution in [0.5, 0.6) is 5.75 Å². The zero-order chi connectivity index (χ0) is 16.8. The minimum atomic E-state index is -0.404. The van der Waals surface area contributed by atoms with E-state index in [9.17, 15) is 9.18 Å². The van der Waals surface area contributed by atoms with Crippen LogP contribution < -0.4 is 10.1 Å². The van der Waals surface area contributed by atoms with Gasteiger partial charge in [0.2, 0.25) is 5.91 Å². The summed E-state index contributed by atoms with van der Waals surface area (Å²) >= 11 is 0. The fourth-order valence-corrected chi connectivity index (χ4v) is 2.38. The van der Waals surface area contributed by atoms with Crippen molar-refractivity contribution in [3.05, 3.63) is 65.0 Å². The van der Waals surface area contributed by atoms with Crippen molar-refractivity contribution < 1.29 is 13.9 Å². The van der Waals surface area contributed by atoms with Gasteiger partial charge in [-0.2, -0.15) is 0 Å². The van der Waals surface area contributed by atoms with Gasteiger partial charge in [-0.3, -0.25) is 4.79 Å². The zero-order valence-electron chi connectivity index (χ0n) is 13.7. The molecule has 0 aromatic heterocycles. The predicted octanol–water partition coefficient (Wildman–Crippen LogP) is 3.95. The van der Waals surface area contributed by atoms with Gasteiger partial charge >= 0.3 is 0 Å². The van der Waals surface area contributed by atoms with E-state index in [0.29, 0.717) is 12.8 Å². The van der Waals surface area contributed by atoms with Gasteiger partial charge in [0.25, 0.3) is 0 Å². The molecule has 0 bridgehead atoms. The number of benzene rings is 2.